The van der Waals surface area contributed by atoms with Gasteiger partial charge < -0.3 is 10.1 Å². The summed E-state index contributed by atoms with van der Waals surface area (Å²) < 4.78 is 5.22. The third-order valence-electron chi connectivity index (χ3n) is 2.91. The molecular weight excluding hydrogens is 256 g/mol. The van der Waals surface area contributed by atoms with E-state index in [4.69, 9.17) is 4.74 Å². The maximum Gasteiger partial charge on any atom is 0.418 e. The molecule has 5 nitrogen and oxygen atoms in total. The normalized spacial score (nSPS) is 18.9. The zero-order chi connectivity index (χ0) is 14.8. The standard InChI is InChI=1S/C15H20N2O3/c1-15(2,3)20-14(19)17-10-12(16-13(17)18)9-11-7-5-4-6-8-11/h4-8,12H,9-10H2,1-3H3,(H,16,18)/t12-/m1/s1. The topological polar surface area (TPSA) is 58.6 Å². The maximum absolute atomic E-state index is 11.9. The first kappa shape index (κ1) is 14.4. The molecule has 0 radical (unpaired) electrons. The molecule has 5 heteroatoms. The molecule has 1 aromatic carbocycles. The molecule has 0 saturated carbocycles. The van der Waals surface area contributed by atoms with Crippen molar-refractivity contribution in [3.05, 3.63) is 35.9 Å². The van der Waals surface area contributed by atoms with Crippen LogP contribution in [0.25, 0.3) is 0 Å². The van der Waals surface area contributed by atoms with E-state index in [1.165, 1.54) is 0 Å². The van der Waals surface area contributed by atoms with Crippen molar-refractivity contribution in [2.24, 2.45) is 0 Å². The first-order valence-corrected chi connectivity index (χ1v) is 6.70. The molecule has 1 aromatic rings. The number of ether oxygens (including phenoxy) is 1. The number of urea groups is 1. The van der Waals surface area contributed by atoms with Crippen molar-refractivity contribution in [3.63, 3.8) is 0 Å². The fourth-order valence-electron chi connectivity index (χ4n) is 2.09. The number of hydrogen-bond donors (Lipinski definition) is 1. The minimum Gasteiger partial charge on any atom is -0.443 e. The van der Waals surface area contributed by atoms with Gasteiger partial charge >= 0.3 is 12.1 Å². The van der Waals surface area contributed by atoms with Gasteiger partial charge in [-0.1, -0.05) is 30.3 Å². The summed E-state index contributed by atoms with van der Waals surface area (Å²) in [6, 6.07) is 9.40. The Balaban J connectivity index is 1.95. The van der Waals surface area contributed by atoms with E-state index in [1.54, 1.807) is 20.8 Å². The third kappa shape index (κ3) is 3.73. The number of imide groups is 1. The molecule has 1 aliphatic heterocycles. The van der Waals surface area contributed by atoms with Crippen molar-refractivity contribution in [3.8, 4) is 0 Å². The fourth-order valence-corrected chi connectivity index (χ4v) is 2.09. The lowest BCUT2D eigenvalue weighted by Crippen LogP contribution is -2.38. The van der Waals surface area contributed by atoms with E-state index in [9.17, 15) is 9.59 Å². The average Bonchev–Trinajstić information content (AvgIpc) is 2.69. The van der Waals surface area contributed by atoms with Gasteiger partial charge in [0, 0.05) is 0 Å². The number of amides is 3. The first-order chi connectivity index (χ1) is 9.35. The molecule has 1 N–H and O–H groups in total. The van der Waals surface area contributed by atoms with Gasteiger partial charge in [-0.25, -0.2) is 14.5 Å². The summed E-state index contributed by atoms with van der Waals surface area (Å²) in [5, 5.41) is 2.81. The van der Waals surface area contributed by atoms with Crippen LogP contribution in [0, 0.1) is 0 Å². The molecule has 3 amide bonds. The predicted molar refractivity (Wildman–Crippen MR) is 75.4 cm³/mol. The highest BCUT2D eigenvalue weighted by Gasteiger charge is 2.35. The van der Waals surface area contributed by atoms with Crippen molar-refractivity contribution in [2.75, 3.05) is 6.54 Å². The summed E-state index contributed by atoms with van der Waals surface area (Å²) >= 11 is 0. The van der Waals surface area contributed by atoms with Crippen molar-refractivity contribution in [1.82, 2.24) is 10.2 Å². The highest BCUT2D eigenvalue weighted by atomic mass is 16.6. The number of benzene rings is 1. The molecule has 0 bridgehead atoms. The first-order valence-electron chi connectivity index (χ1n) is 6.70. The lowest BCUT2D eigenvalue weighted by atomic mass is 10.1. The Morgan fingerprint density at radius 2 is 2.00 bits per heavy atom. The lowest BCUT2D eigenvalue weighted by Gasteiger charge is -2.22. The second-order valence-corrected chi connectivity index (χ2v) is 5.93. The molecule has 0 unspecified atom stereocenters. The van der Waals surface area contributed by atoms with Crippen molar-refractivity contribution < 1.29 is 14.3 Å². The van der Waals surface area contributed by atoms with Crippen molar-refractivity contribution in [1.29, 1.82) is 0 Å². The molecule has 1 saturated heterocycles. The van der Waals surface area contributed by atoms with E-state index >= 15 is 0 Å². The van der Waals surface area contributed by atoms with Gasteiger partial charge in [-0.15, -0.1) is 0 Å². The summed E-state index contributed by atoms with van der Waals surface area (Å²) in [6.45, 7) is 5.67. The molecule has 2 rings (SSSR count). The molecule has 1 fully saturated rings. The van der Waals surface area contributed by atoms with Gasteiger partial charge in [0.2, 0.25) is 0 Å². The molecule has 1 aliphatic rings. The second kappa shape index (κ2) is 5.53. The fraction of sp³-hybridized carbons (Fsp3) is 0.467. The van der Waals surface area contributed by atoms with E-state index in [-0.39, 0.29) is 12.1 Å². The van der Waals surface area contributed by atoms with Crippen LogP contribution < -0.4 is 5.32 Å². The van der Waals surface area contributed by atoms with Gasteiger partial charge in [0.25, 0.3) is 0 Å². The Morgan fingerprint density at radius 3 is 2.60 bits per heavy atom. The minimum absolute atomic E-state index is 0.0718. The van der Waals surface area contributed by atoms with Crippen LogP contribution in [0.5, 0.6) is 0 Å². The quantitative estimate of drug-likeness (QED) is 0.903. The Bertz CT molecular complexity index is 494. The Morgan fingerprint density at radius 1 is 1.35 bits per heavy atom. The zero-order valence-electron chi connectivity index (χ0n) is 12.1. The van der Waals surface area contributed by atoms with Gasteiger partial charge in [0.1, 0.15) is 5.60 Å². The Hall–Kier alpha value is -2.04. The van der Waals surface area contributed by atoms with E-state index in [1.807, 2.05) is 30.3 Å². The zero-order valence-corrected chi connectivity index (χ0v) is 12.1. The number of carbonyl (C=O) groups is 2. The van der Waals surface area contributed by atoms with Gasteiger partial charge in [0.15, 0.2) is 0 Å². The molecule has 0 spiro atoms. The second-order valence-electron chi connectivity index (χ2n) is 5.93. The third-order valence-corrected chi connectivity index (χ3v) is 2.91. The smallest absolute Gasteiger partial charge is 0.418 e. The van der Waals surface area contributed by atoms with E-state index < -0.39 is 11.7 Å². The maximum atomic E-state index is 11.9. The van der Waals surface area contributed by atoms with Crippen LogP contribution in [0.15, 0.2) is 30.3 Å². The van der Waals surface area contributed by atoms with Gasteiger partial charge in [0.05, 0.1) is 12.6 Å². The summed E-state index contributed by atoms with van der Waals surface area (Å²) in [5.41, 5.74) is 0.526. The van der Waals surface area contributed by atoms with Crippen LogP contribution in [0.4, 0.5) is 9.59 Å². The summed E-state index contributed by atoms with van der Waals surface area (Å²) in [4.78, 5) is 24.9. The monoisotopic (exact) mass is 276 g/mol. The van der Waals surface area contributed by atoms with Crippen LogP contribution in [-0.2, 0) is 11.2 Å². The molecule has 1 atom stereocenters. The number of hydrogen-bond acceptors (Lipinski definition) is 3. The summed E-state index contributed by atoms with van der Waals surface area (Å²) in [6.07, 6.45) is 0.108. The van der Waals surface area contributed by atoms with Gasteiger partial charge in [-0.2, -0.15) is 0 Å². The van der Waals surface area contributed by atoms with E-state index in [0.717, 1.165) is 10.5 Å². The number of carbonyl (C=O) groups excluding carboxylic acids is 2. The Labute approximate surface area is 118 Å². The molecule has 1 heterocycles. The molecule has 108 valence electrons. The largest absolute Gasteiger partial charge is 0.443 e. The van der Waals surface area contributed by atoms with Crippen molar-refractivity contribution >= 4 is 12.1 Å². The van der Waals surface area contributed by atoms with Crippen LogP contribution in [-0.4, -0.2) is 35.2 Å². The molecular formula is C15H20N2O3. The van der Waals surface area contributed by atoms with E-state index in [2.05, 4.69) is 5.32 Å². The number of rotatable bonds is 2. The summed E-state index contributed by atoms with van der Waals surface area (Å²) in [5.74, 6) is 0. The number of nitrogens with one attached hydrogen (secondary N) is 1. The van der Waals surface area contributed by atoms with Gasteiger partial charge in [-0.3, -0.25) is 0 Å². The molecule has 20 heavy (non-hydrogen) atoms. The molecule has 0 aromatic heterocycles. The van der Waals surface area contributed by atoms with Gasteiger partial charge in [-0.05, 0) is 32.8 Å². The highest BCUT2D eigenvalue weighted by Crippen LogP contribution is 2.15. The Kier molecular flexibility index (Phi) is 3.97. The SMILES string of the molecule is CC(C)(C)OC(=O)N1C[C@@H](Cc2ccccc2)NC1=O. The van der Waals surface area contributed by atoms with Crippen LogP contribution in [0.2, 0.25) is 0 Å². The van der Waals surface area contributed by atoms with Crippen LogP contribution in [0.3, 0.4) is 0 Å². The molecule has 0 aliphatic carbocycles. The highest BCUT2D eigenvalue weighted by molar-refractivity contribution is 5.93. The van der Waals surface area contributed by atoms with Crippen LogP contribution >= 0.6 is 0 Å². The van der Waals surface area contributed by atoms with Crippen LogP contribution in [0.1, 0.15) is 26.3 Å². The predicted octanol–water partition coefficient (Wildman–Crippen LogP) is 2.56. The van der Waals surface area contributed by atoms with E-state index in [0.29, 0.717) is 13.0 Å². The lowest BCUT2D eigenvalue weighted by molar-refractivity contribution is 0.0349. The minimum atomic E-state index is -0.602. The summed E-state index contributed by atoms with van der Waals surface area (Å²) in [7, 11) is 0. The average molecular weight is 276 g/mol. The number of nitrogens with zero attached hydrogens (tertiary/aromatic N) is 1. The van der Waals surface area contributed by atoms with Crippen molar-refractivity contribution in [2.45, 2.75) is 38.8 Å².